The smallest absolute Gasteiger partial charge is 0.275 e. The molecule has 0 saturated carbocycles. The Morgan fingerprint density at radius 1 is 1.06 bits per heavy atom. The second kappa shape index (κ2) is 8.49. The highest BCUT2D eigenvalue weighted by molar-refractivity contribution is 5.77. The van der Waals surface area contributed by atoms with Crippen molar-refractivity contribution in [3.63, 3.8) is 0 Å². The van der Waals surface area contributed by atoms with Crippen molar-refractivity contribution in [1.82, 2.24) is 14.7 Å². The van der Waals surface area contributed by atoms with E-state index in [1.807, 2.05) is 41.3 Å². The van der Waals surface area contributed by atoms with Crippen LogP contribution in [0, 0.1) is 5.92 Å². The lowest BCUT2D eigenvalue weighted by atomic mass is 10.0. The number of aromatic nitrogens is 2. The number of rotatable bonds is 4. The molecule has 0 N–H and O–H groups in total. The van der Waals surface area contributed by atoms with Crippen LogP contribution < -0.4 is 15.0 Å². The van der Waals surface area contributed by atoms with Crippen LogP contribution in [0.5, 0.6) is 11.5 Å². The third-order valence-corrected chi connectivity index (χ3v) is 6.02. The Kier molecular flexibility index (Phi) is 5.39. The van der Waals surface area contributed by atoms with Gasteiger partial charge in [-0.2, -0.15) is 5.10 Å². The van der Waals surface area contributed by atoms with E-state index in [0.717, 1.165) is 31.5 Å². The average Bonchev–Trinajstić information content (AvgIpc) is 3.29. The number of carbonyl (C=O) groups excluding carboxylic acids is 1. The second-order valence-electron chi connectivity index (χ2n) is 8.43. The predicted octanol–water partition coefficient (Wildman–Crippen LogP) is 3.56. The van der Waals surface area contributed by atoms with Gasteiger partial charge >= 0.3 is 0 Å². The Balaban J connectivity index is 1.56. The maximum atomic E-state index is 13.4. The van der Waals surface area contributed by atoms with Crippen LogP contribution in [0.25, 0.3) is 22.4 Å². The number of fused-ring (bicyclic) bond motifs is 1. The summed E-state index contributed by atoms with van der Waals surface area (Å²) in [6, 6.07) is 16.9. The summed E-state index contributed by atoms with van der Waals surface area (Å²) < 4.78 is 12.2. The van der Waals surface area contributed by atoms with E-state index in [1.165, 1.54) is 4.68 Å². The number of piperidine rings is 1. The van der Waals surface area contributed by atoms with Gasteiger partial charge in [0, 0.05) is 18.7 Å². The molecular formula is C25H25N3O4. The van der Waals surface area contributed by atoms with E-state index in [4.69, 9.17) is 9.47 Å². The molecular weight excluding hydrogens is 406 g/mol. The van der Waals surface area contributed by atoms with Gasteiger partial charge in [0.2, 0.25) is 12.7 Å². The van der Waals surface area contributed by atoms with Crippen molar-refractivity contribution < 1.29 is 14.3 Å². The van der Waals surface area contributed by atoms with Gasteiger partial charge in [-0.3, -0.25) is 9.59 Å². The number of hydrogen-bond donors (Lipinski definition) is 0. The van der Waals surface area contributed by atoms with Crippen molar-refractivity contribution in [3.05, 3.63) is 65.0 Å². The predicted molar refractivity (Wildman–Crippen MR) is 120 cm³/mol. The molecule has 7 nitrogen and oxygen atoms in total. The minimum atomic E-state index is -0.304. The molecule has 1 atom stereocenters. The molecule has 164 valence electrons. The first-order valence-corrected chi connectivity index (χ1v) is 10.9. The van der Waals surface area contributed by atoms with E-state index in [2.05, 4.69) is 12.0 Å². The highest BCUT2D eigenvalue weighted by atomic mass is 16.7. The Labute approximate surface area is 186 Å². The van der Waals surface area contributed by atoms with Crippen LogP contribution in [-0.2, 0) is 11.3 Å². The van der Waals surface area contributed by atoms with Gasteiger partial charge in [-0.05, 0) is 42.5 Å². The van der Waals surface area contributed by atoms with Gasteiger partial charge in [0.25, 0.3) is 5.56 Å². The van der Waals surface area contributed by atoms with E-state index < -0.39 is 0 Å². The molecule has 7 heteroatoms. The molecule has 1 aromatic heterocycles. The first-order valence-electron chi connectivity index (χ1n) is 10.9. The zero-order valence-corrected chi connectivity index (χ0v) is 18.0. The van der Waals surface area contributed by atoms with Crippen molar-refractivity contribution in [2.75, 3.05) is 19.9 Å². The zero-order valence-electron chi connectivity index (χ0n) is 18.0. The first kappa shape index (κ1) is 20.3. The average molecular weight is 431 g/mol. The van der Waals surface area contributed by atoms with Crippen LogP contribution in [-0.4, -0.2) is 40.5 Å². The van der Waals surface area contributed by atoms with E-state index >= 15 is 0 Å². The molecule has 2 aromatic carbocycles. The molecule has 32 heavy (non-hydrogen) atoms. The molecule has 0 aliphatic carbocycles. The van der Waals surface area contributed by atoms with Crippen molar-refractivity contribution in [2.24, 2.45) is 5.92 Å². The summed E-state index contributed by atoms with van der Waals surface area (Å²) in [6.45, 7) is 3.69. The fourth-order valence-electron chi connectivity index (χ4n) is 4.31. The molecule has 0 spiro atoms. The summed E-state index contributed by atoms with van der Waals surface area (Å²) in [5.74, 6) is 1.65. The summed E-state index contributed by atoms with van der Waals surface area (Å²) in [7, 11) is 0. The normalized spacial score (nSPS) is 17.4. The summed E-state index contributed by atoms with van der Waals surface area (Å²) in [6.07, 6.45) is 2.11. The fourth-order valence-corrected chi connectivity index (χ4v) is 4.31. The van der Waals surface area contributed by atoms with Gasteiger partial charge < -0.3 is 14.4 Å². The second-order valence-corrected chi connectivity index (χ2v) is 8.43. The van der Waals surface area contributed by atoms with Crippen LogP contribution in [0.1, 0.15) is 19.8 Å². The molecule has 1 unspecified atom stereocenters. The number of benzene rings is 2. The van der Waals surface area contributed by atoms with Gasteiger partial charge in [-0.15, -0.1) is 0 Å². The summed E-state index contributed by atoms with van der Waals surface area (Å²) in [4.78, 5) is 28.2. The van der Waals surface area contributed by atoms with Gasteiger partial charge in [0.05, 0.1) is 11.3 Å². The van der Waals surface area contributed by atoms with Crippen LogP contribution in [0.15, 0.2) is 59.4 Å². The van der Waals surface area contributed by atoms with Crippen LogP contribution in [0.4, 0.5) is 0 Å². The number of ether oxygens (including phenoxy) is 2. The quantitative estimate of drug-likeness (QED) is 0.632. The molecule has 5 rings (SSSR count). The minimum absolute atomic E-state index is 0.0759. The van der Waals surface area contributed by atoms with Crippen LogP contribution in [0.2, 0.25) is 0 Å². The molecule has 2 aliphatic rings. The highest BCUT2D eigenvalue weighted by Gasteiger charge is 2.23. The third-order valence-electron chi connectivity index (χ3n) is 6.02. The van der Waals surface area contributed by atoms with E-state index in [9.17, 15) is 9.59 Å². The lowest BCUT2D eigenvalue weighted by Gasteiger charge is -2.31. The topological polar surface area (TPSA) is 73.7 Å². The Bertz CT molecular complexity index is 1210. The van der Waals surface area contributed by atoms with Crippen LogP contribution >= 0.6 is 0 Å². The van der Waals surface area contributed by atoms with Gasteiger partial charge in [0.15, 0.2) is 11.5 Å². The number of amides is 1. The van der Waals surface area contributed by atoms with Gasteiger partial charge in [0.1, 0.15) is 6.54 Å². The molecule has 1 saturated heterocycles. The van der Waals surface area contributed by atoms with Crippen molar-refractivity contribution >= 4 is 5.91 Å². The third kappa shape index (κ3) is 3.98. The van der Waals surface area contributed by atoms with Crippen molar-refractivity contribution in [2.45, 2.75) is 26.3 Å². The molecule has 2 aliphatic heterocycles. The monoisotopic (exact) mass is 431 g/mol. The fraction of sp³-hybridized carbons (Fsp3) is 0.320. The summed E-state index contributed by atoms with van der Waals surface area (Å²) in [5, 5.41) is 4.56. The number of likely N-dealkylation sites (tertiary alicyclic amines) is 1. The Morgan fingerprint density at radius 3 is 2.69 bits per heavy atom. The Morgan fingerprint density at radius 2 is 1.88 bits per heavy atom. The van der Waals surface area contributed by atoms with Crippen molar-refractivity contribution in [3.8, 4) is 33.9 Å². The molecule has 3 heterocycles. The van der Waals surface area contributed by atoms with E-state index in [-0.39, 0.29) is 24.8 Å². The molecule has 3 aromatic rings. The lowest BCUT2D eigenvalue weighted by molar-refractivity contribution is -0.133. The Hall–Kier alpha value is -3.61. The minimum Gasteiger partial charge on any atom is -0.454 e. The molecule has 0 bridgehead atoms. The first-order chi connectivity index (χ1) is 15.6. The van der Waals surface area contributed by atoms with Gasteiger partial charge in [-0.1, -0.05) is 43.3 Å². The zero-order chi connectivity index (χ0) is 22.1. The van der Waals surface area contributed by atoms with Gasteiger partial charge in [-0.25, -0.2) is 4.68 Å². The van der Waals surface area contributed by atoms with Crippen LogP contribution in [0.3, 0.4) is 0 Å². The van der Waals surface area contributed by atoms with E-state index in [0.29, 0.717) is 34.2 Å². The summed E-state index contributed by atoms with van der Waals surface area (Å²) >= 11 is 0. The molecule has 0 radical (unpaired) electrons. The maximum absolute atomic E-state index is 13.4. The molecule has 1 amide bonds. The largest absolute Gasteiger partial charge is 0.454 e. The number of nitrogens with zero attached hydrogens (tertiary/aromatic N) is 3. The standard InChI is InChI=1S/C25H25N3O4/c1-17-6-5-11-27(14-17)24(29)15-28-25(30)20(13-21(26-28)18-7-3-2-4-8-18)19-9-10-22-23(12-19)32-16-31-22/h2-4,7-10,12-13,17H,5-6,11,14-16H2,1H3. The van der Waals surface area contributed by atoms with E-state index in [1.54, 1.807) is 18.2 Å². The maximum Gasteiger partial charge on any atom is 0.275 e. The highest BCUT2D eigenvalue weighted by Crippen LogP contribution is 2.35. The van der Waals surface area contributed by atoms with Crippen molar-refractivity contribution in [1.29, 1.82) is 0 Å². The number of carbonyl (C=O) groups is 1. The molecule has 1 fully saturated rings. The lowest BCUT2D eigenvalue weighted by Crippen LogP contribution is -2.42. The SMILES string of the molecule is CC1CCCN(C(=O)Cn2nc(-c3ccccc3)cc(-c3ccc4c(c3)OCO4)c2=O)C1. The summed E-state index contributed by atoms with van der Waals surface area (Å²) in [5.41, 5.74) is 2.38. The number of hydrogen-bond acceptors (Lipinski definition) is 5.